The first-order valence-electron chi connectivity index (χ1n) is 8.22. The Morgan fingerprint density at radius 3 is 2.26 bits per heavy atom. The maximum absolute atomic E-state index is 12.0. The average Bonchev–Trinajstić information content (AvgIpc) is 2.62. The summed E-state index contributed by atoms with van der Waals surface area (Å²) in [6.07, 6.45) is 0.0943. The Hall–Kier alpha value is -2.71. The fraction of sp³-hybridized carbons (Fsp3) is 0.263. The molecule has 144 valence electrons. The molecule has 0 aliphatic carbocycles. The summed E-state index contributed by atoms with van der Waals surface area (Å²) in [4.78, 5) is 23.9. The molecule has 0 aliphatic rings. The van der Waals surface area contributed by atoms with E-state index >= 15 is 0 Å². The molecule has 2 aromatic rings. The quantitative estimate of drug-likeness (QED) is 0.730. The van der Waals surface area contributed by atoms with Gasteiger partial charge in [0.2, 0.25) is 10.0 Å². The number of hydrogen-bond acceptors (Lipinski definition) is 5. The number of aryl methyl sites for hydroxylation is 1. The van der Waals surface area contributed by atoms with E-state index in [1.54, 1.807) is 0 Å². The van der Waals surface area contributed by atoms with E-state index < -0.39 is 28.5 Å². The van der Waals surface area contributed by atoms with Gasteiger partial charge in [-0.25, -0.2) is 12.7 Å². The van der Waals surface area contributed by atoms with Crippen LogP contribution in [0.25, 0.3) is 0 Å². The van der Waals surface area contributed by atoms with Gasteiger partial charge in [-0.1, -0.05) is 24.3 Å². The Labute approximate surface area is 159 Å². The third kappa shape index (κ3) is 5.63. The van der Waals surface area contributed by atoms with Crippen molar-refractivity contribution >= 4 is 27.6 Å². The molecule has 0 atom stereocenters. The Morgan fingerprint density at radius 2 is 1.67 bits per heavy atom. The van der Waals surface area contributed by atoms with Crippen molar-refractivity contribution in [1.82, 2.24) is 4.31 Å². The number of nitrogens with one attached hydrogen (secondary N) is 1. The van der Waals surface area contributed by atoms with E-state index in [9.17, 15) is 18.0 Å². The van der Waals surface area contributed by atoms with Gasteiger partial charge in [0, 0.05) is 19.8 Å². The first-order chi connectivity index (χ1) is 12.7. The number of benzene rings is 2. The molecule has 1 amide bonds. The number of rotatable bonds is 7. The topological polar surface area (TPSA) is 92.8 Å². The monoisotopic (exact) mass is 390 g/mol. The Kier molecular flexibility index (Phi) is 6.70. The van der Waals surface area contributed by atoms with Crippen LogP contribution in [-0.4, -0.2) is 45.3 Å². The molecule has 0 spiro atoms. The van der Waals surface area contributed by atoms with Crippen molar-refractivity contribution in [2.24, 2.45) is 0 Å². The lowest BCUT2D eigenvalue weighted by molar-refractivity contribution is -0.146. The van der Waals surface area contributed by atoms with Crippen LogP contribution >= 0.6 is 0 Å². The van der Waals surface area contributed by atoms with Crippen LogP contribution in [0.2, 0.25) is 0 Å². The van der Waals surface area contributed by atoms with Crippen molar-refractivity contribution in [2.45, 2.75) is 18.2 Å². The van der Waals surface area contributed by atoms with Crippen LogP contribution in [0.5, 0.6) is 0 Å². The molecule has 7 nitrogen and oxygen atoms in total. The normalized spacial score (nSPS) is 11.3. The molecular weight excluding hydrogens is 368 g/mol. The van der Waals surface area contributed by atoms with Crippen LogP contribution in [0, 0.1) is 6.92 Å². The lowest BCUT2D eigenvalue weighted by atomic mass is 10.1. The number of amides is 1. The maximum atomic E-state index is 12.0. The van der Waals surface area contributed by atoms with E-state index in [0.29, 0.717) is 5.69 Å². The van der Waals surface area contributed by atoms with E-state index in [1.165, 1.54) is 38.4 Å². The summed E-state index contributed by atoms with van der Waals surface area (Å²) in [5.74, 6) is -0.997. The molecular formula is C19H22N2O5S. The molecule has 1 N–H and O–H groups in total. The van der Waals surface area contributed by atoms with Crippen LogP contribution in [0.1, 0.15) is 11.1 Å². The summed E-state index contributed by atoms with van der Waals surface area (Å²) >= 11 is 0. The minimum absolute atomic E-state index is 0.0943. The van der Waals surface area contributed by atoms with Gasteiger partial charge in [-0.15, -0.1) is 0 Å². The molecule has 0 fully saturated rings. The maximum Gasteiger partial charge on any atom is 0.310 e. The van der Waals surface area contributed by atoms with E-state index in [-0.39, 0.29) is 11.3 Å². The highest BCUT2D eigenvalue weighted by Crippen LogP contribution is 2.16. The second kappa shape index (κ2) is 8.79. The number of ether oxygens (including phenoxy) is 1. The fourth-order valence-corrected chi connectivity index (χ4v) is 3.18. The van der Waals surface area contributed by atoms with Crippen LogP contribution in [0.15, 0.2) is 53.4 Å². The molecule has 0 bridgehead atoms. The highest BCUT2D eigenvalue weighted by Gasteiger charge is 2.17. The fourth-order valence-electron chi connectivity index (χ4n) is 2.28. The van der Waals surface area contributed by atoms with Gasteiger partial charge < -0.3 is 10.1 Å². The van der Waals surface area contributed by atoms with Gasteiger partial charge in [-0.05, 0) is 42.3 Å². The number of hydrogen-bond donors (Lipinski definition) is 1. The lowest BCUT2D eigenvalue weighted by Gasteiger charge is -2.12. The van der Waals surface area contributed by atoms with Gasteiger partial charge in [-0.3, -0.25) is 9.59 Å². The van der Waals surface area contributed by atoms with Crippen molar-refractivity contribution in [3.8, 4) is 0 Å². The second-order valence-corrected chi connectivity index (χ2v) is 8.28. The molecule has 2 aromatic carbocycles. The van der Waals surface area contributed by atoms with Gasteiger partial charge in [-0.2, -0.15) is 0 Å². The Morgan fingerprint density at radius 1 is 1.04 bits per heavy atom. The van der Waals surface area contributed by atoms with Crippen LogP contribution in [0.4, 0.5) is 5.69 Å². The summed E-state index contributed by atoms with van der Waals surface area (Å²) in [6.45, 7) is 1.48. The molecule has 0 saturated carbocycles. The van der Waals surface area contributed by atoms with E-state index in [4.69, 9.17) is 4.74 Å². The third-order valence-electron chi connectivity index (χ3n) is 3.88. The molecule has 8 heteroatoms. The number of carbonyl (C=O) groups is 2. The number of anilines is 1. The minimum atomic E-state index is -3.53. The minimum Gasteiger partial charge on any atom is -0.455 e. The predicted molar refractivity (Wildman–Crippen MR) is 102 cm³/mol. The molecule has 0 aromatic heterocycles. The molecule has 2 rings (SSSR count). The number of nitrogens with zero attached hydrogens (tertiary/aromatic N) is 1. The molecule has 0 heterocycles. The number of carbonyl (C=O) groups excluding carboxylic acids is 2. The van der Waals surface area contributed by atoms with Gasteiger partial charge in [0.1, 0.15) is 0 Å². The van der Waals surface area contributed by atoms with E-state index in [2.05, 4.69) is 5.32 Å². The zero-order valence-corrected chi connectivity index (χ0v) is 16.2. The zero-order chi connectivity index (χ0) is 20.0. The van der Waals surface area contributed by atoms with Gasteiger partial charge in [0.15, 0.2) is 6.61 Å². The first-order valence-corrected chi connectivity index (χ1v) is 9.66. The van der Waals surface area contributed by atoms with Crippen molar-refractivity contribution in [3.63, 3.8) is 0 Å². The van der Waals surface area contributed by atoms with Gasteiger partial charge >= 0.3 is 5.97 Å². The summed E-state index contributed by atoms with van der Waals surface area (Å²) in [5, 5.41) is 2.56. The molecule has 0 aliphatic heterocycles. The SMILES string of the molecule is Cc1ccccc1CC(=O)OCC(=O)Nc1ccc(S(=O)(=O)N(C)C)cc1. The smallest absolute Gasteiger partial charge is 0.310 e. The molecule has 0 unspecified atom stereocenters. The summed E-state index contributed by atoms with van der Waals surface area (Å²) in [5.41, 5.74) is 2.24. The van der Waals surface area contributed by atoms with E-state index in [0.717, 1.165) is 15.4 Å². The Balaban J connectivity index is 1.87. The summed E-state index contributed by atoms with van der Waals surface area (Å²) in [7, 11) is -0.644. The highest BCUT2D eigenvalue weighted by molar-refractivity contribution is 7.89. The van der Waals surface area contributed by atoms with Crippen molar-refractivity contribution in [1.29, 1.82) is 0 Å². The Bertz CT molecular complexity index is 921. The summed E-state index contributed by atoms with van der Waals surface area (Å²) < 4.78 is 30.1. The van der Waals surface area contributed by atoms with Crippen LogP contribution in [0.3, 0.4) is 0 Å². The standard InChI is InChI=1S/C19H22N2O5S/c1-14-6-4-5-7-15(14)12-19(23)26-13-18(22)20-16-8-10-17(11-9-16)27(24,25)21(2)3/h4-11H,12-13H2,1-3H3,(H,20,22). The third-order valence-corrected chi connectivity index (χ3v) is 5.71. The first kappa shape index (κ1) is 20.6. The average molecular weight is 390 g/mol. The molecule has 0 saturated heterocycles. The van der Waals surface area contributed by atoms with Crippen LogP contribution in [-0.2, 0) is 30.8 Å². The van der Waals surface area contributed by atoms with Crippen molar-refractivity contribution in [2.75, 3.05) is 26.0 Å². The summed E-state index contributed by atoms with van der Waals surface area (Å²) in [6, 6.07) is 13.2. The largest absolute Gasteiger partial charge is 0.455 e. The van der Waals surface area contributed by atoms with Crippen molar-refractivity contribution in [3.05, 3.63) is 59.7 Å². The lowest BCUT2D eigenvalue weighted by Crippen LogP contribution is -2.23. The van der Waals surface area contributed by atoms with Crippen molar-refractivity contribution < 1.29 is 22.7 Å². The van der Waals surface area contributed by atoms with E-state index in [1.807, 2.05) is 31.2 Å². The van der Waals surface area contributed by atoms with Gasteiger partial charge in [0.05, 0.1) is 11.3 Å². The van der Waals surface area contributed by atoms with Gasteiger partial charge in [0.25, 0.3) is 5.91 Å². The second-order valence-electron chi connectivity index (χ2n) is 6.12. The highest BCUT2D eigenvalue weighted by atomic mass is 32.2. The molecule has 27 heavy (non-hydrogen) atoms. The van der Waals surface area contributed by atoms with Crippen LogP contribution < -0.4 is 5.32 Å². The molecule has 0 radical (unpaired) electrons. The number of esters is 1. The zero-order valence-electron chi connectivity index (χ0n) is 15.4. The predicted octanol–water partition coefficient (Wildman–Crippen LogP) is 1.97. The number of sulfonamides is 1.